The van der Waals surface area contributed by atoms with Gasteiger partial charge in [0, 0.05) is 11.1 Å². The van der Waals surface area contributed by atoms with Crippen LogP contribution < -0.4 is 4.57 Å². The van der Waals surface area contributed by atoms with Crippen LogP contribution in [0.15, 0.2) is 18.5 Å². The van der Waals surface area contributed by atoms with Crippen molar-refractivity contribution in [3.8, 4) is 0 Å². The molecule has 0 fully saturated rings. The first kappa shape index (κ1) is 12.2. The highest BCUT2D eigenvalue weighted by molar-refractivity contribution is 5.20. The summed E-state index contributed by atoms with van der Waals surface area (Å²) in [6, 6.07) is 2.88. The molecule has 1 rings (SSSR count). The Morgan fingerprint density at radius 2 is 1.20 bits per heavy atom. The highest BCUT2D eigenvalue weighted by Crippen LogP contribution is 2.19. The lowest BCUT2D eigenvalue weighted by molar-refractivity contribution is -0.717. The van der Waals surface area contributed by atoms with Gasteiger partial charge in [-0.3, -0.25) is 0 Å². The van der Waals surface area contributed by atoms with E-state index in [-0.39, 0.29) is 0 Å². The van der Waals surface area contributed by atoms with Crippen molar-refractivity contribution >= 4 is 0 Å². The molecule has 0 unspecified atom stereocenters. The summed E-state index contributed by atoms with van der Waals surface area (Å²) in [5.74, 6) is 1.21. The summed E-state index contributed by atoms with van der Waals surface area (Å²) in [4.78, 5) is 0. The molecule has 1 aromatic rings. The summed E-state index contributed by atoms with van der Waals surface area (Å²) >= 11 is 0. The molecule has 0 N–H and O–H groups in total. The van der Waals surface area contributed by atoms with Crippen LogP contribution >= 0.6 is 0 Å². The molecule has 0 spiro atoms. The van der Waals surface area contributed by atoms with Crippen LogP contribution in [0, 0.1) is 0 Å². The van der Waals surface area contributed by atoms with Gasteiger partial charge in [0.2, 0.25) is 0 Å². The minimum atomic E-state index is 0.543. The Balaban J connectivity index is 3.20. The summed E-state index contributed by atoms with van der Waals surface area (Å²) in [6.07, 6.45) is 4.56. The van der Waals surface area contributed by atoms with E-state index < -0.39 is 0 Å². The van der Waals surface area contributed by atoms with Gasteiger partial charge in [-0.25, -0.2) is 4.57 Å². The second-order valence-corrected chi connectivity index (χ2v) is 5.25. The lowest BCUT2D eigenvalue weighted by Gasteiger charge is -2.11. The maximum absolute atomic E-state index is 2.34. The van der Waals surface area contributed by atoms with E-state index in [1.165, 1.54) is 11.1 Å². The first-order valence-electron chi connectivity index (χ1n) is 5.97. The zero-order valence-electron chi connectivity index (χ0n) is 10.9. The molecule has 84 valence electrons. The zero-order valence-corrected chi connectivity index (χ0v) is 10.9. The van der Waals surface area contributed by atoms with Gasteiger partial charge in [-0.05, 0) is 31.7 Å². The number of hydrogen-bond acceptors (Lipinski definition) is 0. The van der Waals surface area contributed by atoms with Crippen LogP contribution in [0.1, 0.15) is 70.5 Å². The third-order valence-electron chi connectivity index (χ3n) is 2.86. The van der Waals surface area contributed by atoms with Crippen molar-refractivity contribution < 1.29 is 4.57 Å². The van der Waals surface area contributed by atoms with Crippen LogP contribution in [0.5, 0.6) is 0 Å². The first-order chi connectivity index (χ1) is 6.91. The second-order valence-electron chi connectivity index (χ2n) is 5.25. The highest BCUT2D eigenvalue weighted by atomic mass is 15.0. The molecular formula is C14H24N+. The van der Waals surface area contributed by atoms with Crippen molar-refractivity contribution in [2.24, 2.45) is 0 Å². The topological polar surface area (TPSA) is 3.88 Å². The minimum absolute atomic E-state index is 0.543. The predicted octanol–water partition coefficient (Wildman–Crippen LogP) is 3.80. The van der Waals surface area contributed by atoms with Crippen molar-refractivity contribution in [3.05, 3.63) is 29.6 Å². The van der Waals surface area contributed by atoms with E-state index in [0.717, 1.165) is 0 Å². The molecular weight excluding hydrogens is 182 g/mol. The molecule has 1 heterocycles. The van der Waals surface area contributed by atoms with E-state index >= 15 is 0 Å². The van der Waals surface area contributed by atoms with Crippen LogP contribution in [-0.4, -0.2) is 0 Å². The molecule has 0 amide bonds. The lowest BCUT2D eigenvalue weighted by Crippen LogP contribution is -2.36. The fraction of sp³-hybridized carbons (Fsp3) is 0.643. The van der Waals surface area contributed by atoms with E-state index in [9.17, 15) is 0 Å². The van der Waals surface area contributed by atoms with Gasteiger partial charge in [-0.15, -0.1) is 0 Å². The van der Waals surface area contributed by atoms with E-state index in [2.05, 4.69) is 64.6 Å². The van der Waals surface area contributed by atoms with Gasteiger partial charge in [0.05, 0.1) is 0 Å². The average Bonchev–Trinajstić information content (AvgIpc) is 2.16. The minimum Gasteiger partial charge on any atom is -0.203 e. The molecule has 0 saturated heterocycles. The van der Waals surface area contributed by atoms with Gasteiger partial charge in [-0.1, -0.05) is 27.7 Å². The summed E-state index contributed by atoms with van der Waals surface area (Å²) in [5.41, 5.74) is 2.88. The number of hydrogen-bond donors (Lipinski definition) is 0. The zero-order chi connectivity index (χ0) is 11.6. The van der Waals surface area contributed by atoms with Crippen molar-refractivity contribution in [2.75, 3.05) is 0 Å². The number of pyridine rings is 1. The molecule has 0 bridgehead atoms. The van der Waals surface area contributed by atoms with E-state index in [1.54, 1.807) is 0 Å². The molecule has 15 heavy (non-hydrogen) atoms. The summed E-state index contributed by atoms with van der Waals surface area (Å²) in [5, 5.41) is 0. The van der Waals surface area contributed by atoms with Crippen molar-refractivity contribution in [3.63, 3.8) is 0 Å². The standard InChI is InChI=1S/C14H24N/c1-10(2)13-7-14(11(3)4)9-15(8-13)12(5)6/h7-12H,1-6H3/q+1. The normalized spacial score (nSPS) is 11.8. The summed E-state index contributed by atoms with van der Waals surface area (Å²) in [7, 11) is 0. The van der Waals surface area contributed by atoms with Gasteiger partial charge in [0.25, 0.3) is 0 Å². The Bertz CT molecular complexity index is 259. The smallest absolute Gasteiger partial charge is 0.172 e. The Labute approximate surface area is 94.1 Å². The van der Waals surface area contributed by atoms with Gasteiger partial charge in [0.1, 0.15) is 0 Å². The maximum Gasteiger partial charge on any atom is 0.172 e. The molecule has 0 aliphatic heterocycles. The molecule has 1 heteroatoms. The van der Waals surface area contributed by atoms with Crippen LogP contribution in [0.3, 0.4) is 0 Å². The van der Waals surface area contributed by atoms with Crippen molar-refractivity contribution in [1.82, 2.24) is 0 Å². The maximum atomic E-state index is 2.34. The SMILES string of the molecule is CC(C)c1cc(C(C)C)c[n+](C(C)C)c1. The molecule has 0 aromatic carbocycles. The van der Waals surface area contributed by atoms with Crippen LogP contribution in [0.4, 0.5) is 0 Å². The monoisotopic (exact) mass is 206 g/mol. The van der Waals surface area contributed by atoms with Crippen LogP contribution in [0.25, 0.3) is 0 Å². The quantitative estimate of drug-likeness (QED) is 0.662. The number of rotatable bonds is 3. The molecule has 0 aliphatic rings. The third kappa shape index (κ3) is 3.05. The largest absolute Gasteiger partial charge is 0.203 e. The molecule has 0 radical (unpaired) electrons. The summed E-state index contributed by atoms with van der Waals surface area (Å²) in [6.45, 7) is 13.5. The number of nitrogens with zero attached hydrogens (tertiary/aromatic N) is 1. The highest BCUT2D eigenvalue weighted by Gasteiger charge is 2.14. The molecule has 0 saturated carbocycles. The Kier molecular flexibility index (Phi) is 3.90. The van der Waals surface area contributed by atoms with Gasteiger partial charge < -0.3 is 0 Å². The lowest BCUT2D eigenvalue weighted by atomic mass is 9.98. The fourth-order valence-corrected chi connectivity index (χ4v) is 1.58. The van der Waals surface area contributed by atoms with Crippen molar-refractivity contribution in [2.45, 2.75) is 59.4 Å². The van der Waals surface area contributed by atoms with E-state index in [0.29, 0.717) is 17.9 Å². The van der Waals surface area contributed by atoms with Crippen LogP contribution in [-0.2, 0) is 0 Å². The summed E-state index contributed by atoms with van der Waals surface area (Å²) < 4.78 is 2.32. The molecule has 1 nitrogen and oxygen atoms in total. The van der Waals surface area contributed by atoms with Crippen molar-refractivity contribution in [1.29, 1.82) is 0 Å². The van der Waals surface area contributed by atoms with Gasteiger partial charge in [0.15, 0.2) is 18.4 Å². The Morgan fingerprint density at radius 1 is 0.800 bits per heavy atom. The fourth-order valence-electron chi connectivity index (χ4n) is 1.58. The average molecular weight is 206 g/mol. The third-order valence-corrected chi connectivity index (χ3v) is 2.86. The van der Waals surface area contributed by atoms with Crippen LogP contribution in [0.2, 0.25) is 0 Å². The predicted molar refractivity (Wildman–Crippen MR) is 65.2 cm³/mol. The van der Waals surface area contributed by atoms with Gasteiger partial charge in [-0.2, -0.15) is 0 Å². The number of aromatic nitrogens is 1. The molecule has 0 atom stereocenters. The first-order valence-corrected chi connectivity index (χ1v) is 5.97. The van der Waals surface area contributed by atoms with E-state index in [4.69, 9.17) is 0 Å². The molecule has 1 aromatic heterocycles. The molecule has 0 aliphatic carbocycles. The second kappa shape index (κ2) is 4.78. The Morgan fingerprint density at radius 3 is 1.47 bits per heavy atom. The van der Waals surface area contributed by atoms with Gasteiger partial charge >= 0.3 is 0 Å². The van der Waals surface area contributed by atoms with E-state index in [1.807, 2.05) is 0 Å². The Hall–Kier alpha value is -0.850.